The summed E-state index contributed by atoms with van der Waals surface area (Å²) in [5.74, 6) is 0. The molecule has 0 bridgehead atoms. The first-order valence-electron chi connectivity index (χ1n) is 33.7. The minimum Gasteiger partial charge on any atom is -0.345 e. The smallest absolute Gasteiger partial charge is 0.0553 e. The molecule has 0 aliphatic heterocycles. The molecule has 0 N–H and O–H groups in total. The third-order valence-corrected chi connectivity index (χ3v) is 20.2. The molecule has 16 aromatic carbocycles. The molecule has 0 aliphatic carbocycles. The van der Waals surface area contributed by atoms with Crippen LogP contribution in [0.4, 0.5) is 22.7 Å². The van der Waals surface area contributed by atoms with Gasteiger partial charge in [0.2, 0.25) is 0 Å². The summed E-state index contributed by atoms with van der Waals surface area (Å²) in [4.78, 5) is 4.44. The maximum absolute atomic E-state index is 2.49. The third-order valence-electron chi connectivity index (χ3n) is 20.2. The fourth-order valence-corrected chi connectivity index (χ4v) is 14.9. The van der Waals surface area contributed by atoms with Gasteiger partial charge < -0.3 is 18.9 Å². The van der Waals surface area contributed by atoms with Crippen molar-refractivity contribution in [2.75, 3.05) is 23.9 Å². The number of hydrogen-bond acceptors (Lipinski definition) is 2. The molecule has 0 atom stereocenters. The van der Waals surface area contributed by atoms with Crippen molar-refractivity contribution < 1.29 is 0 Å². The SMILES string of the molecule is CN(c1ccccc1)c1ccc(-c2ccc(-c3ccc4c5c6ccccc6ccc5n(-c5ccc(-c6ccc(-c7cc(-c8ccc(-c9ccc(N(C)c%10ccccc%10)cc9)cc8)cc8c7c7cc9ccccc9cc7n8-c7ccc(-c8ccccc8)cc7)cc6)cc5)c4c3)cc2)cc1. The summed E-state index contributed by atoms with van der Waals surface area (Å²) in [7, 11) is 4.24. The van der Waals surface area contributed by atoms with E-state index in [1.807, 2.05) is 0 Å². The van der Waals surface area contributed by atoms with Crippen LogP contribution in [0.2, 0.25) is 0 Å². The summed E-state index contributed by atoms with van der Waals surface area (Å²) >= 11 is 0. The number of hydrogen-bond donors (Lipinski definition) is 0. The van der Waals surface area contributed by atoms with Crippen molar-refractivity contribution >= 4 is 87.9 Å². The Morgan fingerprint density at radius 3 is 1.07 bits per heavy atom. The van der Waals surface area contributed by atoms with Crippen molar-refractivity contribution in [1.29, 1.82) is 0 Å². The van der Waals surface area contributed by atoms with Crippen LogP contribution in [0, 0.1) is 0 Å². The van der Waals surface area contributed by atoms with Crippen molar-refractivity contribution in [2.45, 2.75) is 0 Å². The molecule has 0 saturated carbocycles. The Hall–Kier alpha value is -12.8. The Bertz CT molecular complexity index is 5980. The first kappa shape index (κ1) is 57.9. The van der Waals surface area contributed by atoms with E-state index in [4.69, 9.17) is 0 Å². The van der Waals surface area contributed by atoms with Gasteiger partial charge in [-0.2, -0.15) is 0 Å². The fraction of sp³-hybridized carbons (Fsp3) is 0.0213. The molecule has 462 valence electrons. The molecule has 0 saturated heterocycles. The van der Waals surface area contributed by atoms with Crippen LogP contribution in [-0.2, 0) is 0 Å². The highest BCUT2D eigenvalue weighted by atomic mass is 15.1. The van der Waals surface area contributed by atoms with Gasteiger partial charge in [-0.25, -0.2) is 0 Å². The Kier molecular flexibility index (Phi) is 14.3. The van der Waals surface area contributed by atoms with Crippen LogP contribution in [0.3, 0.4) is 0 Å². The second kappa shape index (κ2) is 24.2. The van der Waals surface area contributed by atoms with Crippen LogP contribution in [0.1, 0.15) is 0 Å². The normalized spacial score (nSPS) is 11.6. The maximum atomic E-state index is 2.49. The highest BCUT2D eigenvalue weighted by Gasteiger charge is 2.22. The predicted molar refractivity (Wildman–Crippen MR) is 417 cm³/mol. The molecule has 98 heavy (non-hydrogen) atoms. The van der Waals surface area contributed by atoms with Crippen molar-refractivity contribution in [3.05, 3.63) is 364 Å². The van der Waals surface area contributed by atoms with Gasteiger partial charge >= 0.3 is 0 Å². The summed E-state index contributed by atoms with van der Waals surface area (Å²) in [6.07, 6.45) is 0. The minimum atomic E-state index is 1.12. The van der Waals surface area contributed by atoms with Gasteiger partial charge in [0.15, 0.2) is 0 Å². The van der Waals surface area contributed by atoms with Crippen LogP contribution < -0.4 is 9.80 Å². The Balaban J connectivity index is 0.712. The molecular formula is C94H66N4. The molecule has 0 radical (unpaired) electrons. The zero-order valence-corrected chi connectivity index (χ0v) is 54.4. The molecule has 4 heteroatoms. The van der Waals surface area contributed by atoms with Gasteiger partial charge in [-0.3, -0.25) is 0 Å². The summed E-state index contributed by atoms with van der Waals surface area (Å²) in [6.45, 7) is 0. The molecule has 4 nitrogen and oxygen atoms in total. The monoisotopic (exact) mass is 1250 g/mol. The number of rotatable bonds is 13. The van der Waals surface area contributed by atoms with Crippen LogP contribution in [0.5, 0.6) is 0 Å². The van der Waals surface area contributed by atoms with E-state index in [9.17, 15) is 0 Å². The zero-order chi connectivity index (χ0) is 65.2. The van der Waals surface area contributed by atoms with Gasteiger partial charge in [-0.1, -0.05) is 255 Å². The molecule has 0 fully saturated rings. The molecule has 2 aromatic heterocycles. The van der Waals surface area contributed by atoms with E-state index in [2.05, 4.69) is 397 Å². The molecule has 2 heterocycles. The number of nitrogens with zero attached hydrogens (tertiary/aromatic N) is 4. The van der Waals surface area contributed by atoms with Crippen molar-refractivity contribution in [3.8, 4) is 89.3 Å². The average Bonchev–Trinajstić information content (AvgIpc) is 1.57. The fourth-order valence-electron chi connectivity index (χ4n) is 14.9. The quantitative estimate of drug-likeness (QED) is 0.114. The lowest BCUT2D eigenvalue weighted by atomic mass is 9.92. The molecule has 18 aromatic rings. The van der Waals surface area contributed by atoms with Gasteiger partial charge in [-0.05, 0) is 209 Å². The van der Waals surface area contributed by atoms with Crippen molar-refractivity contribution in [3.63, 3.8) is 0 Å². The van der Waals surface area contributed by atoms with E-state index in [0.717, 1.165) is 67.5 Å². The first-order valence-corrected chi connectivity index (χ1v) is 33.7. The number of para-hydroxylation sites is 2. The van der Waals surface area contributed by atoms with E-state index in [1.54, 1.807) is 0 Å². The van der Waals surface area contributed by atoms with Crippen LogP contribution in [-0.4, -0.2) is 23.2 Å². The third kappa shape index (κ3) is 10.3. The maximum Gasteiger partial charge on any atom is 0.0553 e. The number of aromatic nitrogens is 2. The summed E-state index contributed by atoms with van der Waals surface area (Å²) in [5.41, 5.74) is 28.0. The average molecular weight is 1250 g/mol. The number of anilines is 4. The number of fused-ring (bicyclic) bond motifs is 9. The molecule has 0 aliphatic rings. The van der Waals surface area contributed by atoms with Gasteiger partial charge in [0.05, 0.1) is 22.1 Å². The Labute approximate surface area is 570 Å². The van der Waals surface area contributed by atoms with E-state index >= 15 is 0 Å². The van der Waals surface area contributed by atoms with Gasteiger partial charge in [0.25, 0.3) is 0 Å². The van der Waals surface area contributed by atoms with Crippen LogP contribution in [0.15, 0.2) is 364 Å². The molecular weight excluding hydrogens is 1190 g/mol. The topological polar surface area (TPSA) is 16.3 Å². The molecule has 18 rings (SSSR count). The summed E-state index contributed by atoms with van der Waals surface area (Å²) in [5, 5.41) is 9.86. The predicted octanol–water partition coefficient (Wildman–Crippen LogP) is 25.4. The number of benzene rings is 16. The second-order valence-electron chi connectivity index (χ2n) is 25.8. The van der Waals surface area contributed by atoms with Crippen LogP contribution >= 0.6 is 0 Å². The van der Waals surface area contributed by atoms with Gasteiger partial charge in [0.1, 0.15) is 0 Å². The summed E-state index contributed by atoms with van der Waals surface area (Å²) in [6, 6.07) is 134. The first-order chi connectivity index (χ1) is 48.4. The minimum absolute atomic E-state index is 1.12. The lowest BCUT2D eigenvalue weighted by Crippen LogP contribution is -2.08. The van der Waals surface area contributed by atoms with E-state index in [1.165, 1.54) is 110 Å². The molecule has 0 amide bonds. The summed E-state index contributed by atoms with van der Waals surface area (Å²) < 4.78 is 4.95. The van der Waals surface area contributed by atoms with E-state index in [0.29, 0.717) is 0 Å². The van der Waals surface area contributed by atoms with Gasteiger partial charge in [-0.15, -0.1) is 0 Å². The Morgan fingerprint density at radius 2 is 0.551 bits per heavy atom. The lowest BCUT2D eigenvalue weighted by molar-refractivity contribution is 1.18. The van der Waals surface area contributed by atoms with Crippen LogP contribution in [0.25, 0.3) is 154 Å². The standard InChI is InChI=1S/C94H66N4/c1-95(79-21-8-4-9-22-79)81-48-38-68(39-49-81)64-26-30-71(31-27-64)77-46-56-86-90(61-77)97(89-57-47-73-18-14-15-25-85(73)93(86)89)83-52-44-70(45-53-83)66-34-36-74(37-35-66)87-59-78(72-32-28-65(29-33-72)69-40-50-82(51-41-69)96(2)80-23-10-5-11-24-80)62-92-94(87)88-58-75-19-12-13-20-76(75)60-91(88)98(92)84-54-42-67(43-55-84)63-16-6-3-7-17-63/h3-62H,1-2H3. The second-order valence-corrected chi connectivity index (χ2v) is 25.8. The highest BCUT2D eigenvalue weighted by Crippen LogP contribution is 2.45. The largest absolute Gasteiger partial charge is 0.345 e. The zero-order valence-electron chi connectivity index (χ0n) is 54.4. The lowest BCUT2D eigenvalue weighted by Gasteiger charge is -2.19. The van der Waals surface area contributed by atoms with E-state index < -0.39 is 0 Å². The van der Waals surface area contributed by atoms with Crippen molar-refractivity contribution in [1.82, 2.24) is 9.13 Å². The highest BCUT2D eigenvalue weighted by molar-refractivity contribution is 6.22. The van der Waals surface area contributed by atoms with Gasteiger partial charge in [0, 0.05) is 69.8 Å². The van der Waals surface area contributed by atoms with E-state index in [-0.39, 0.29) is 0 Å². The van der Waals surface area contributed by atoms with Crippen molar-refractivity contribution in [2.24, 2.45) is 0 Å². The Morgan fingerprint density at radius 1 is 0.194 bits per heavy atom. The molecule has 0 unspecified atom stereocenters. The molecule has 0 spiro atoms.